The van der Waals surface area contributed by atoms with Crippen LogP contribution in [-0.2, 0) is 0 Å². The van der Waals surface area contributed by atoms with Gasteiger partial charge in [-0.25, -0.2) is 0 Å². The Morgan fingerprint density at radius 1 is 1.00 bits per heavy atom. The van der Waals surface area contributed by atoms with Crippen molar-refractivity contribution in [3.8, 4) is 0 Å². The quantitative estimate of drug-likeness (QED) is 0.673. The Hall–Kier alpha value is 1.24. The van der Waals surface area contributed by atoms with E-state index in [2.05, 4.69) is 46.5 Å². The molecule has 56 valence electrons. The Bertz CT molecular complexity index is 53.9. The van der Waals surface area contributed by atoms with Crippen LogP contribution in [0.15, 0.2) is 0 Å². The first kappa shape index (κ1) is 10.2. The van der Waals surface area contributed by atoms with E-state index in [0.29, 0.717) is 0 Å². The zero-order chi connectivity index (χ0) is 7.33. The van der Waals surface area contributed by atoms with Crippen LogP contribution in [0.3, 0.4) is 0 Å². The molecule has 0 fully saturated rings. The van der Waals surface area contributed by atoms with E-state index in [9.17, 15) is 0 Å². The molecule has 0 aliphatic carbocycles. The third kappa shape index (κ3) is 2.76. The van der Waals surface area contributed by atoms with E-state index in [-0.39, 0.29) is 0 Å². The first-order valence-electron chi connectivity index (χ1n) is 3.35. The van der Waals surface area contributed by atoms with E-state index in [1.165, 1.54) is 10.5 Å². The fraction of sp³-hybridized carbons (Fsp3) is 1.00. The van der Waals surface area contributed by atoms with Gasteiger partial charge in [-0.1, -0.05) is 0 Å². The maximum absolute atomic E-state index is 2.34. The van der Waals surface area contributed by atoms with Crippen LogP contribution in [0.4, 0.5) is 0 Å². The Balaban J connectivity index is 3.82. The third-order valence-corrected chi connectivity index (χ3v) is 28.4. The molecule has 0 saturated heterocycles. The van der Waals surface area contributed by atoms with Gasteiger partial charge in [0.15, 0.2) is 0 Å². The summed E-state index contributed by atoms with van der Waals surface area (Å²) in [5.41, 5.74) is 0. The summed E-state index contributed by atoms with van der Waals surface area (Å²) in [4.78, 5) is 0. The molecule has 0 aromatic carbocycles. The SMILES string of the molecule is C[CH2][Ge]([CH2]C)([S]C)[S]C. The van der Waals surface area contributed by atoms with Gasteiger partial charge in [0, 0.05) is 0 Å². The van der Waals surface area contributed by atoms with Crippen molar-refractivity contribution in [3.05, 3.63) is 0 Å². The molecular weight excluding hydrogens is 209 g/mol. The summed E-state index contributed by atoms with van der Waals surface area (Å²) in [6, 6.07) is 0. The molecule has 0 amide bonds. The van der Waals surface area contributed by atoms with Crippen LogP contribution in [0.1, 0.15) is 13.8 Å². The Morgan fingerprint density at radius 3 is 1.33 bits per heavy atom. The normalized spacial score (nSPS) is 12.0. The van der Waals surface area contributed by atoms with Gasteiger partial charge < -0.3 is 0 Å². The van der Waals surface area contributed by atoms with E-state index in [0.717, 1.165) is 0 Å². The van der Waals surface area contributed by atoms with Crippen molar-refractivity contribution >= 4 is 31.2 Å². The molecule has 0 N–H and O–H groups in total. The van der Waals surface area contributed by atoms with Crippen molar-refractivity contribution in [1.82, 2.24) is 0 Å². The Morgan fingerprint density at radius 2 is 1.33 bits per heavy atom. The summed E-state index contributed by atoms with van der Waals surface area (Å²) in [7, 11) is 3.00. The van der Waals surface area contributed by atoms with Crippen molar-refractivity contribution in [2.75, 3.05) is 12.5 Å². The first-order valence-corrected chi connectivity index (χ1v) is 13.9. The standard InChI is InChI=1S/C6H16GeS2/c1-5-7(6-2,8-3)9-4/h5-6H2,1-4H3. The van der Waals surface area contributed by atoms with E-state index >= 15 is 0 Å². The molecule has 9 heavy (non-hydrogen) atoms. The van der Waals surface area contributed by atoms with Gasteiger partial charge >= 0.3 is 68.0 Å². The van der Waals surface area contributed by atoms with Crippen LogP contribution in [0.25, 0.3) is 0 Å². The molecule has 0 radical (unpaired) electrons. The minimum absolute atomic E-state index is 1.33. The van der Waals surface area contributed by atoms with Crippen LogP contribution >= 0.6 is 20.2 Å². The molecule has 0 aromatic heterocycles. The van der Waals surface area contributed by atoms with Crippen molar-refractivity contribution in [1.29, 1.82) is 0 Å². The second-order valence-corrected chi connectivity index (χ2v) is 24.2. The summed E-state index contributed by atoms with van der Waals surface area (Å²) >= 11 is 0. The fourth-order valence-electron chi connectivity index (χ4n) is 0.911. The molecule has 0 spiro atoms. The van der Waals surface area contributed by atoms with Gasteiger partial charge in [0.05, 0.1) is 0 Å². The summed E-state index contributed by atoms with van der Waals surface area (Å²) in [6.07, 6.45) is 4.56. The summed E-state index contributed by atoms with van der Waals surface area (Å²) in [5, 5.41) is 2.91. The molecule has 0 atom stereocenters. The van der Waals surface area contributed by atoms with Crippen molar-refractivity contribution in [2.24, 2.45) is 0 Å². The molecule has 0 saturated carbocycles. The second kappa shape index (κ2) is 4.97. The first-order chi connectivity index (χ1) is 4.24. The Labute approximate surface area is 67.9 Å². The van der Waals surface area contributed by atoms with Gasteiger partial charge in [0.2, 0.25) is 0 Å². The van der Waals surface area contributed by atoms with Crippen LogP contribution < -0.4 is 0 Å². The van der Waals surface area contributed by atoms with Crippen LogP contribution in [0, 0.1) is 0 Å². The summed E-state index contributed by atoms with van der Waals surface area (Å²) in [5.74, 6) is 0. The second-order valence-electron chi connectivity index (χ2n) is 2.03. The maximum atomic E-state index is 2.34. The van der Waals surface area contributed by atoms with E-state index in [4.69, 9.17) is 0 Å². The number of hydrogen-bond donors (Lipinski definition) is 0. The van der Waals surface area contributed by atoms with Gasteiger partial charge in [-0.15, -0.1) is 0 Å². The zero-order valence-corrected chi connectivity index (χ0v) is 10.5. The average Bonchev–Trinajstić information content (AvgIpc) is 1.95. The molecule has 3 heteroatoms. The molecule has 0 aliphatic rings. The van der Waals surface area contributed by atoms with Gasteiger partial charge in [-0.3, -0.25) is 0 Å². The third-order valence-electron chi connectivity index (χ3n) is 1.82. The van der Waals surface area contributed by atoms with Crippen molar-refractivity contribution in [3.63, 3.8) is 0 Å². The molecule has 0 aromatic rings. The van der Waals surface area contributed by atoms with Gasteiger partial charge in [0.25, 0.3) is 0 Å². The predicted octanol–water partition coefficient (Wildman–Crippen LogP) is 3.19. The summed E-state index contributed by atoms with van der Waals surface area (Å²) in [6.45, 7) is 4.69. The molecular formula is C6H16GeS2. The van der Waals surface area contributed by atoms with Crippen LogP contribution in [0.2, 0.25) is 10.5 Å². The summed E-state index contributed by atoms with van der Waals surface area (Å²) < 4.78 is 0. The average molecular weight is 225 g/mol. The van der Waals surface area contributed by atoms with E-state index < -0.39 is 11.0 Å². The van der Waals surface area contributed by atoms with Gasteiger partial charge in [-0.2, -0.15) is 0 Å². The number of rotatable bonds is 4. The molecule has 0 rings (SSSR count). The predicted molar refractivity (Wildman–Crippen MR) is 53.7 cm³/mol. The topological polar surface area (TPSA) is 0 Å². The molecule has 0 unspecified atom stereocenters. The molecule has 0 heterocycles. The van der Waals surface area contributed by atoms with Crippen molar-refractivity contribution in [2.45, 2.75) is 24.4 Å². The molecule has 0 nitrogen and oxygen atoms in total. The molecule has 0 aliphatic heterocycles. The van der Waals surface area contributed by atoms with E-state index in [1.807, 2.05) is 0 Å². The van der Waals surface area contributed by atoms with Crippen LogP contribution in [0.5, 0.6) is 0 Å². The Kier molecular flexibility index (Phi) is 5.65. The fourth-order valence-corrected chi connectivity index (χ4v) is 14.2. The van der Waals surface area contributed by atoms with Crippen molar-refractivity contribution < 1.29 is 0 Å². The minimum atomic E-state index is -1.33. The molecule has 0 bridgehead atoms. The monoisotopic (exact) mass is 226 g/mol. The number of hydrogen-bond acceptors (Lipinski definition) is 2. The van der Waals surface area contributed by atoms with E-state index in [1.54, 1.807) is 0 Å². The van der Waals surface area contributed by atoms with Crippen LogP contribution in [-0.4, -0.2) is 23.5 Å². The van der Waals surface area contributed by atoms with Gasteiger partial charge in [0.1, 0.15) is 0 Å². The zero-order valence-electron chi connectivity index (χ0n) is 6.73. The van der Waals surface area contributed by atoms with Gasteiger partial charge in [-0.05, 0) is 0 Å².